The van der Waals surface area contributed by atoms with E-state index in [4.69, 9.17) is 0 Å². The molecule has 1 aliphatic carbocycles. The lowest BCUT2D eigenvalue weighted by Crippen LogP contribution is -2.45. The van der Waals surface area contributed by atoms with E-state index in [0.29, 0.717) is 25.3 Å². The van der Waals surface area contributed by atoms with E-state index in [1.54, 1.807) is 13.1 Å². The van der Waals surface area contributed by atoms with E-state index >= 15 is 0 Å². The van der Waals surface area contributed by atoms with Crippen molar-refractivity contribution in [3.63, 3.8) is 0 Å². The van der Waals surface area contributed by atoms with Gasteiger partial charge >= 0.3 is 0 Å². The van der Waals surface area contributed by atoms with Gasteiger partial charge in [0.05, 0.1) is 0 Å². The highest BCUT2D eigenvalue weighted by molar-refractivity contribution is 5.87. The second-order valence-electron chi connectivity index (χ2n) is 6.49. The minimum absolute atomic E-state index is 0.0105. The van der Waals surface area contributed by atoms with Crippen molar-refractivity contribution in [2.45, 2.75) is 57.9 Å². The molecular weight excluding hydrogens is 292 g/mol. The molecule has 128 valence electrons. The number of nitrogens with zero attached hydrogens (tertiary/aromatic N) is 2. The van der Waals surface area contributed by atoms with Crippen molar-refractivity contribution in [3.8, 4) is 0 Å². The lowest BCUT2D eigenvalue weighted by atomic mass is 9.87. The number of aromatic nitrogens is 2. The first-order valence-corrected chi connectivity index (χ1v) is 8.59. The summed E-state index contributed by atoms with van der Waals surface area (Å²) in [6, 6.07) is -0.493. The van der Waals surface area contributed by atoms with Crippen molar-refractivity contribution in [1.29, 1.82) is 0 Å². The van der Waals surface area contributed by atoms with Gasteiger partial charge in [-0.1, -0.05) is 19.3 Å². The van der Waals surface area contributed by atoms with Crippen molar-refractivity contribution in [3.05, 3.63) is 18.2 Å². The highest BCUT2D eigenvalue weighted by atomic mass is 16.2. The fourth-order valence-electron chi connectivity index (χ4n) is 3.11. The van der Waals surface area contributed by atoms with Crippen LogP contribution in [-0.2, 0) is 23.1 Å². The van der Waals surface area contributed by atoms with Gasteiger partial charge in [0, 0.05) is 38.8 Å². The van der Waals surface area contributed by atoms with Crippen molar-refractivity contribution < 1.29 is 9.59 Å². The maximum Gasteiger partial charge on any atom is 0.242 e. The monoisotopic (exact) mass is 320 g/mol. The molecule has 6 nitrogen and oxygen atoms in total. The molecule has 1 heterocycles. The normalized spacial score (nSPS) is 16.8. The first kappa shape index (κ1) is 17.5. The van der Waals surface area contributed by atoms with Gasteiger partial charge < -0.3 is 15.2 Å². The molecule has 0 bridgehead atoms. The standard InChI is InChI=1S/C17H28N4O2/c1-13(20-16(22)12-14-6-4-3-5-7-14)17(23)19-9-8-15-18-10-11-21(15)2/h10-11,13-14H,3-9,12H2,1-2H3,(H,19,23)(H,20,22)/t13-/m1/s1. The van der Waals surface area contributed by atoms with E-state index in [2.05, 4.69) is 15.6 Å². The first-order valence-electron chi connectivity index (χ1n) is 8.59. The molecule has 0 spiro atoms. The van der Waals surface area contributed by atoms with Crippen LogP contribution >= 0.6 is 0 Å². The van der Waals surface area contributed by atoms with E-state index in [9.17, 15) is 9.59 Å². The van der Waals surface area contributed by atoms with Crippen LogP contribution < -0.4 is 10.6 Å². The Bertz CT molecular complexity index is 520. The van der Waals surface area contributed by atoms with Crippen LogP contribution in [0.1, 0.15) is 51.3 Å². The Morgan fingerprint density at radius 3 is 2.74 bits per heavy atom. The molecule has 1 atom stereocenters. The van der Waals surface area contributed by atoms with Crippen molar-refractivity contribution >= 4 is 11.8 Å². The Morgan fingerprint density at radius 2 is 2.09 bits per heavy atom. The molecule has 0 saturated heterocycles. The molecule has 0 aliphatic heterocycles. The lowest BCUT2D eigenvalue weighted by Gasteiger charge is -2.22. The van der Waals surface area contributed by atoms with Crippen LogP contribution in [0.2, 0.25) is 0 Å². The van der Waals surface area contributed by atoms with Gasteiger partial charge in [-0.15, -0.1) is 0 Å². The second-order valence-corrected chi connectivity index (χ2v) is 6.49. The zero-order valence-electron chi connectivity index (χ0n) is 14.2. The van der Waals surface area contributed by atoms with Crippen LogP contribution in [0.25, 0.3) is 0 Å². The quantitative estimate of drug-likeness (QED) is 0.800. The van der Waals surface area contributed by atoms with Crippen LogP contribution in [0.4, 0.5) is 0 Å². The zero-order valence-corrected chi connectivity index (χ0v) is 14.2. The van der Waals surface area contributed by atoms with Gasteiger partial charge in [-0.3, -0.25) is 9.59 Å². The predicted molar refractivity (Wildman–Crippen MR) is 88.7 cm³/mol. The van der Waals surface area contributed by atoms with Gasteiger partial charge in [0.2, 0.25) is 11.8 Å². The third-order valence-corrected chi connectivity index (χ3v) is 4.54. The van der Waals surface area contributed by atoms with Crippen LogP contribution in [-0.4, -0.2) is 34.0 Å². The molecule has 2 N–H and O–H groups in total. The van der Waals surface area contributed by atoms with Crippen LogP contribution in [0.15, 0.2) is 12.4 Å². The van der Waals surface area contributed by atoms with Gasteiger partial charge in [-0.2, -0.15) is 0 Å². The van der Waals surface area contributed by atoms with Crippen molar-refractivity contribution in [2.75, 3.05) is 6.54 Å². The predicted octanol–water partition coefficient (Wildman–Crippen LogP) is 1.55. The lowest BCUT2D eigenvalue weighted by molar-refractivity contribution is -0.129. The summed E-state index contributed by atoms with van der Waals surface area (Å²) >= 11 is 0. The number of nitrogens with one attached hydrogen (secondary N) is 2. The summed E-state index contributed by atoms with van der Waals surface area (Å²) in [5, 5.41) is 5.66. The van der Waals surface area contributed by atoms with Crippen LogP contribution in [0.3, 0.4) is 0 Å². The Hall–Kier alpha value is -1.85. The molecule has 1 fully saturated rings. The minimum Gasteiger partial charge on any atom is -0.354 e. The number of hydrogen-bond donors (Lipinski definition) is 2. The molecule has 2 amide bonds. The minimum atomic E-state index is -0.493. The van der Waals surface area contributed by atoms with Gasteiger partial charge in [0.15, 0.2) is 0 Å². The first-order chi connectivity index (χ1) is 11.1. The molecule has 1 aromatic heterocycles. The number of imidazole rings is 1. The van der Waals surface area contributed by atoms with E-state index in [-0.39, 0.29) is 11.8 Å². The molecule has 0 unspecified atom stereocenters. The molecular formula is C17H28N4O2. The van der Waals surface area contributed by atoms with Crippen molar-refractivity contribution in [2.24, 2.45) is 13.0 Å². The Labute approximate surface area is 138 Å². The molecule has 1 aliphatic rings. The fourth-order valence-corrected chi connectivity index (χ4v) is 3.11. The summed E-state index contributed by atoms with van der Waals surface area (Å²) < 4.78 is 1.93. The molecule has 23 heavy (non-hydrogen) atoms. The summed E-state index contributed by atoms with van der Waals surface area (Å²) in [7, 11) is 1.93. The molecule has 6 heteroatoms. The largest absolute Gasteiger partial charge is 0.354 e. The van der Waals surface area contributed by atoms with Gasteiger partial charge in [-0.05, 0) is 25.7 Å². The number of amides is 2. The van der Waals surface area contributed by atoms with Gasteiger partial charge in [0.1, 0.15) is 11.9 Å². The third kappa shape index (κ3) is 5.69. The summed E-state index contributed by atoms with van der Waals surface area (Å²) in [4.78, 5) is 28.3. The molecule has 1 aromatic rings. The smallest absolute Gasteiger partial charge is 0.242 e. The topological polar surface area (TPSA) is 76.0 Å². The third-order valence-electron chi connectivity index (χ3n) is 4.54. The second kappa shape index (κ2) is 8.70. The number of carbonyl (C=O) groups is 2. The molecule has 0 radical (unpaired) electrons. The highest BCUT2D eigenvalue weighted by Crippen LogP contribution is 2.26. The van der Waals surface area contributed by atoms with Gasteiger partial charge in [-0.25, -0.2) is 4.98 Å². The van der Waals surface area contributed by atoms with E-state index < -0.39 is 6.04 Å². The summed E-state index contributed by atoms with van der Waals surface area (Å²) in [5.74, 6) is 1.27. The average molecular weight is 320 g/mol. The highest BCUT2D eigenvalue weighted by Gasteiger charge is 2.20. The average Bonchev–Trinajstić information content (AvgIpc) is 2.93. The van der Waals surface area contributed by atoms with E-state index in [0.717, 1.165) is 18.7 Å². The fraction of sp³-hybridized carbons (Fsp3) is 0.706. The maximum absolute atomic E-state index is 12.0. The van der Waals surface area contributed by atoms with Crippen LogP contribution in [0.5, 0.6) is 0 Å². The number of aryl methyl sites for hydroxylation is 1. The number of carbonyl (C=O) groups excluding carboxylic acids is 2. The Morgan fingerprint density at radius 1 is 1.35 bits per heavy atom. The Kier molecular flexibility index (Phi) is 6.62. The Balaban J connectivity index is 1.65. The zero-order chi connectivity index (χ0) is 16.7. The number of rotatable bonds is 7. The van der Waals surface area contributed by atoms with Gasteiger partial charge in [0.25, 0.3) is 0 Å². The molecule has 2 rings (SSSR count). The summed E-state index contributed by atoms with van der Waals surface area (Å²) in [5.41, 5.74) is 0. The SMILES string of the molecule is C[C@@H](NC(=O)CC1CCCCC1)C(=O)NCCc1nccn1C. The van der Waals surface area contributed by atoms with E-state index in [1.807, 2.05) is 17.8 Å². The summed E-state index contributed by atoms with van der Waals surface area (Å²) in [6.07, 6.45) is 10.9. The molecule has 0 aromatic carbocycles. The van der Waals surface area contributed by atoms with E-state index in [1.165, 1.54) is 19.3 Å². The maximum atomic E-state index is 12.0. The molecule has 1 saturated carbocycles. The number of hydrogen-bond acceptors (Lipinski definition) is 3. The summed E-state index contributed by atoms with van der Waals surface area (Å²) in [6.45, 7) is 2.25. The van der Waals surface area contributed by atoms with Crippen molar-refractivity contribution in [1.82, 2.24) is 20.2 Å². The van der Waals surface area contributed by atoms with Crippen LogP contribution in [0, 0.1) is 5.92 Å².